The number of rotatable bonds is 9. The normalized spacial score (nSPS) is 16.8. The van der Waals surface area contributed by atoms with Gasteiger partial charge in [0.15, 0.2) is 5.96 Å². The van der Waals surface area contributed by atoms with E-state index in [9.17, 15) is 0 Å². The van der Waals surface area contributed by atoms with Crippen LogP contribution < -0.4 is 10.1 Å². The number of ether oxygens (including phenoxy) is 2. The lowest BCUT2D eigenvalue weighted by Gasteiger charge is -2.23. The van der Waals surface area contributed by atoms with Crippen molar-refractivity contribution in [3.63, 3.8) is 0 Å². The van der Waals surface area contributed by atoms with Crippen LogP contribution in [0.1, 0.15) is 31.2 Å². The second-order valence-electron chi connectivity index (χ2n) is 7.22. The Labute approximate surface area is 172 Å². The van der Waals surface area contributed by atoms with Crippen LogP contribution in [0, 0.1) is 0 Å². The number of hydrogen-bond donors (Lipinski definition) is 1. The van der Waals surface area contributed by atoms with E-state index in [4.69, 9.17) is 14.5 Å². The topological polar surface area (TPSA) is 76.8 Å². The molecule has 0 spiro atoms. The Kier molecular flexibility index (Phi) is 7.86. The molecule has 158 valence electrons. The number of guanidine groups is 1. The number of benzene rings is 1. The molecular formula is C21H32N6O2. The molecule has 1 aliphatic heterocycles. The lowest BCUT2D eigenvalue weighted by Crippen LogP contribution is -2.40. The van der Waals surface area contributed by atoms with Gasteiger partial charge < -0.3 is 24.3 Å². The van der Waals surface area contributed by atoms with Crippen LogP contribution in [-0.4, -0.2) is 65.6 Å². The Morgan fingerprint density at radius 1 is 1.38 bits per heavy atom. The number of aryl methyl sites for hydroxylation is 1. The van der Waals surface area contributed by atoms with Crippen LogP contribution in [-0.2, 0) is 24.2 Å². The highest BCUT2D eigenvalue weighted by molar-refractivity contribution is 5.79. The van der Waals surface area contributed by atoms with E-state index in [1.807, 2.05) is 12.1 Å². The Bertz CT molecular complexity index is 768. The van der Waals surface area contributed by atoms with Crippen molar-refractivity contribution in [1.29, 1.82) is 0 Å². The molecule has 0 bridgehead atoms. The lowest BCUT2D eigenvalue weighted by atomic mass is 10.2. The van der Waals surface area contributed by atoms with E-state index >= 15 is 0 Å². The van der Waals surface area contributed by atoms with E-state index in [0.29, 0.717) is 6.54 Å². The van der Waals surface area contributed by atoms with Crippen molar-refractivity contribution in [3.05, 3.63) is 42.0 Å². The van der Waals surface area contributed by atoms with Crippen molar-refractivity contribution >= 4 is 5.96 Å². The average Bonchev–Trinajstić information content (AvgIpc) is 3.42. The maximum atomic E-state index is 5.73. The van der Waals surface area contributed by atoms with Crippen molar-refractivity contribution in [2.45, 2.75) is 45.4 Å². The molecule has 0 saturated carbocycles. The fraction of sp³-hybridized carbons (Fsp3) is 0.571. The van der Waals surface area contributed by atoms with Crippen LogP contribution in [0.2, 0.25) is 0 Å². The van der Waals surface area contributed by atoms with Crippen LogP contribution in [0.3, 0.4) is 0 Å². The molecule has 1 N–H and O–H groups in total. The summed E-state index contributed by atoms with van der Waals surface area (Å²) in [4.78, 5) is 6.98. The van der Waals surface area contributed by atoms with E-state index in [2.05, 4.69) is 51.1 Å². The zero-order valence-electron chi connectivity index (χ0n) is 17.7. The largest absolute Gasteiger partial charge is 0.497 e. The molecule has 1 aromatic heterocycles. The zero-order chi connectivity index (χ0) is 20.5. The molecule has 8 heteroatoms. The van der Waals surface area contributed by atoms with Crippen LogP contribution in [0.25, 0.3) is 0 Å². The summed E-state index contributed by atoms with van der Waals surface area (Å²) >= 11 is 0. The SMILES string of the molecule is CCc1nncn1CCNC(=NCC1CCCO1)N(C)Cc1ccc(OC)cc1. The molecule has 8 nitrogen and oxygen atoms in total. The van der Waals surface area contributed by atoms with E-state index in [1.165, 1.54) is 5.56 Å². The first-order valence-electron chi connectivity index (χ1n) is 10.3. The number of aliphatic imine (C=N–C) groups is 1. The minimum Gasteiger partial charge on any atom is -0.497 e. The summed E-state index contributed by atoms with van der Waals surface area (Å²) in [5, 5.41) is 11.6. The van der Waals surface area contributed by atoms with Gasteiger partial charge in [0.1, 0.15) is 17.9 Å². The number of aromatic nitrogens is 3. The van der Waals surface area contributed by atoms with E-state index < -0.39 is 0 Å². The van der Waals surface area contributed by atoms with Gasteiger partial charge in [-0.05, 0) is 30.5 Å². The van der Waals surface area contributed by atoms with Crippen molar-refractivity contribution < 1.29 is 9.47 Å². The van der Waals surface area contributed by atoms with Crippen molar-refractivity contribution in [3.8, 4) is 5.75 Å². The molecule has 2 heterocycles. The Hall–Kier alpha value is -2.61. The highest BCUT2D eigenvalue weighted by atomic mass is 16.5. The van der Waals surface area contributed by atoms with Crippen LogP contribution in [0.15, 0.2) is 35.6 Å². The van der Waals surface area contributed by atoms with Gasteiger partial charge in [-0.1, -0.05) is 19.1 Å². The predicted molar refractivity (Wildman–Crippen MR) is 113 cm³/mol. The third-order valence-corrected chi connectivity index (χ3v) is 5.06. The molecule has 0 amide bonds. The highest BCUT2D eigenvalue weighted by Crippen LogP contribution is 2.14. The van der Waals surface area contributed by atoms with Gasteiger partial charge in [0.25, 0.3) is 0 Å². The van der Waals surface area contributed by atoms with Crippen molar-refractivity contribution in [1.82, 2.24) is 25.0 Å². The van der Waals surface area contributed by atoms with E-state index in [1.54, 1.807) is 13.4 Å². The molecule has 0 radical (unpaired) electrons. The highest BCUT2D eigenvalue weighted by Gasteiger charge is 2.16. The molecular weight excluding hydrogens is 368 g/mol. The van der Waals surface area contributed by atoms with Gasteiger partial charge in [-0.25, -0.2) is 0 Å². The van der Waals surface area contributed by atoms with Crippen molar-refractivity contribution in [2.24, 2.45) is 4.99 Å². The van der Waals surface area contributed by atoms with Crippen LogP contribution >= 0.6 is 0 Å². The van der Waals surface area contributed by atoms with Gasteiger partial charge in [-0.15, -0.1) is 10.2 Å². The number of hydrogen-bond acceptors (Lipinski definition) is 5. The van der Waals surface area contributed by atoms with E-state index in [0.717, 1.165) is 63.0 Å². The average molecular weight is 401 g/mol. The first-order valence-corrected chi connectivity index (χ1v) is 10.3. The molecule has 1 unspecified atom stereocenters. The maximum absolute atomic E-state index is 5.73. The molecule has 2 aromatic rings. The minimum absolute atomic E-state index is 0.228. The van der Waals surface area contributed by atoms with Gasteiger partial charge in [0.05, 0.1) is 19.8 Å². The fourth-order valence-corrected chi connectivity index (χ4v) is 3.40. The first kappa shape index (κ1) is 21.1. The van der Waals surface area contributed by atoms with Crippen molar-refractivity contribution in [2.75, 3.05) is 33.9 Å². The summed E-state index contributed by atoms with van der Waals surface area (Å²) in [7, 11) is 3.74. The molecule has 1 fully saturated rings. The zero-order valence-corrected chi connectivity index (χ0v) is 17.7. The summed E-state index contributed by atoms with van der Waals surface area (Å²) in [5.74, 6) is 2.74. The summed E-state index contributed by atoms with van der Waals surface area (Å²) in [6.45, 7) is 5.92. The first-order chi connectivity index (χ1) is 14.2. The van der Waals surface area contributed by atoms with Gasteiger partial charge in [-0.2, -0.15) is 0 Å². The Morgan fingerprint density at radius 2 is 2.21 bits per heavy atom. The number of methoxy groups -OCH3 is 1. The monoisotopic (exact) mass is 400 g/mol. The molecule has 1 atom stereocenters. The molecule has 1 saturated heterocycles. The lowest BCUT2D eigenvalue weighted by molar-refractivity contribution is 0.117. The Morgan fingerprint density at radius 3 is 2.90 bits per heavy atom. The second kappa shape index (κ2) is 10.8. The van der Waals surface area contributed by atoms with Gasteiger partial charge in [-0.3, -0.25) is 4.99 Å². The van der Waals surface area contributed by atoms with Crippen LogP contribution in [0.5, 0.6) is 5.75 Å². The second-order valence-corrected chi connectivity index (χ2v) is 7.22. The van der Waals surface area contributed by atoms with Crippen LogP contribution in [0.4, 0.5) is 0 Å². The number of nitrogens with zero attached hydrogens (tertiary/aromatic N) is 5. The van der Waals surface area contributed by atoms with Gasteiger partial charge in [0, 0.05) is 39.7 Å². The van der Waals surface area contributed by atoms with E-state index in [-0.39, 0.29) is 6.10 Å². The third kappa shape index (κ3) is 6.19. The summed E-state index contributed by atoms with van der Waals surface area (Å²) < 4.78 is 13.1. The van der Waals surface area contributed by atoms with Gasteiger partial charge in [0.2, 0.25) is 0 Å². The minimum atomic E-state index is 0.228. The predicted octanol–water partition coefficient (Wildman–Crippen LogP) is 2.11. The third-order valence-electron chi connectivity index (χ3n) is 5.06. The molecule has 3 rings (SSSR count). The fourth-order valence-electron chi connectivity index (χ4n) is 3.40. The summed E-state index contributed by atoms with van der Waals surface area (Å²) in [5.41, 5.74) is 1.20. The maximum Gasteiger partial charge on any atom is 0.194 e. The molecule has 29 heavy (non-hydrogen) atoms. The summed E-state index contributed by atoms with van der Waals surface area (Å²) in [6, 6.07) is 8.13. The van der Waals surface area contributed by atoms with Gasteiger partial charge >= 0.3 is 0 Å². The summed E-state index contributed by atoms with van der Waals surface area (Å²) in [6.07, 6.45) is 5.09. The standard InChI is InChI=1S/C21H32N6O2/c1-4-20-25-24-16-27(20)12-11-22-21(23-14-19-6-5-13-29-19)26(2)15-17-7-9-18(28-3)10-8-17/h7-10,16,19H,4-6,11-15H2,1-3H3,(H,22,23). The number of nitrogens with one attached hydrogen (secondary N) is 1. The quantitative estimate of drug-likeness (QED) is 0.513. The molecule has 1 aromatic carbocycles. The molecule has 0 aliphatic carbocycles. The smallest absolute Gasteiger partial charge is 0.194 e. The Balaban J connectivity index is 1.61. The molecule has 1 aliphatic rings.